The van der Waals surface area contributed by atoms with Crippen molar-refractivity contribution in [2.45, 2.75) is 26.7 Å². The van der Waals surface area contributed by atoms with E-state index in [4.69, 9.17) is 14.2 Å². The van der Waals surface area contributed by atoms with Crippen LogP contribution in [0, 0.1) is 5.92 Å². The monoisotopic (exact) mass is 370 g/mol. The largest absolute Gasteiger partial charge is 0.497 e. The molecular weight excluding hydrogens is 344 g/mol. The van der Waals surface area contributed by atoms with E-state index in [1.54, 1.807) is 21.0 Å². The molecule has 0 aliphatic rings. The fourth-order valence-corrected chi connectivity index (χ4v) is 2.78. The zero-order valence-electron chi connectivity index (χ0n) is 16.1. The fourth-order valence-electron chi connectivity index (χ4n) is 2.78. The summed E-state index contributed by atoms with van der Waals surface area (Å²) in [6.45, 7) is 3.92. The van der Waals surface area contributed by atoms with Crippen molar-refractivity contribution < 1.29 is 23.8 Å². The van der Waals surface area contributed by atoms with Crippen molar-refractivity contribution in [1.29, 1.82) is 0 Å². The number of benzene rings is 2. The van der Waals surface area contributed by atoms with Crippen LogP contribution in [0.15, 0.2) is 48.5 Å². The summed E-state index contributed by atoms with van der Waals surface area (Å²) in [6, 6.07) is 15.9. The highest BCUT2D eigenvalue weighted by atomic mass is 16.6. The number of carbonyl (C=O) groups is 2. The second-order valence-electron chi connectivity index (χ2n) is 6.02. The molecule has 0 N–H and O–H groups in total. The third-order valence-corrected chi connectivity index (χ3v) is 4.24. The van der Waals surface area contributed by atoms with Gasteiger partial charge in [-0.1, -0.05) is 36.4 Å². The molecule has 0 aliphatic carbocycles. The van der Waals surface area contributed by atoms with Crippen LogP contribution in [-0.4, -0.2) is 32.3 Å². The molecule has 2 aromatic carbocycles. The highest BCUT2D eigenvalue weighted by molar-refractivity contribution is 5.94. The van der Waals surface area contributed by atoms with E-state index in [9.17, 15) is 9.59 Å². The molecule has 2 rings (SSSR count). The molecule has 2 aromatic rings. The van der Waals surface area contributed by atoms with Gasteiger partial charge in [0.05, 0.1) is 20.3 Å². The fraction of sp³-hybridized carbons (Fsp3) is 0.364. The number of methoxy groups -OCH3 is 1. The van der Waals surface area contributed by atoms with Crippen molar-refractivity contribution in [1.82, 2.24) is 0 Å². The van der Waals surface area contributed by atoms with Crippen LogP contribution >= 0.6 is 0 Å². The van der Waals surface area contributed by atoms with Crippen LogP contribution in [0.5, 0.6) is 5.75 Å². The van der Waals surface area contributed by atoms with Crippen LogP contribution in [0.2, 0.25) is 0 Å². The topological polar surface area (TPSA) is 61.8 Å². The van der Waals surface area contributed by atoms with E-state index in [1.165, 1.54) is 0 Å². The Morgan fingerprint density at radius 2 is 1.30 bits per heavy atom. The van der Waals surface area contributed by atoms with Gasteiger partial charge in [0.15, 0.2) is 5.92 Å². The maximum atomic E-state index is 12.0. The van der Waals surface area contributed by atoms with Gasteiger partial charge in [-0.15, -0.1) is 0 Å². The van der Waals surface area contributed by atoms with E-state index in [-0.39, 0.29) is 13.2 Å². The SMILES string of the molecule is CCOC(=O)C(CCc1ccc(-c2ccc(OC)cc2)cc1)C(=O)OCC. The summed E-state index contributed by atoms with van der Waals surface area (Å²) in [5.74, 6) is -1.11. The van der Waals surface area contributed by atoms with Crippen LogP contribution in [0.3, 0.4) is 0 Å². The van der Waals surface area contributed by atoms with E-state index >= 15 is 0 Å². The molecule has 0 bridgehead atoms. The van der Waals surface area contributed by atoms with E-state index in [2.05, 4.69) is 0 Å². The van der Waals surface area contributed by atoms with Gasteiger partial charge in [-0.2, -0.15) is 0 Å². The molecule has 0 unspecified atom stereocenters. The van der Waals surface area contributed by atoms with Gasteiger partial charge in [-0.25, -0.2) is 0 Å². The molecule has 5 nitrogen and oxygen atoms in total. The number of ether oxygens (including phenoxy) is 3. The Bertz CT molecular complexity index is 716. The lowest BCUT2D eigenvalue weighted by Crippen LogP contribution is -2.28. The van der Waals surface area contributed by atoms with E-state index < -0.39 is 17.9 Å². The molecule has 27 heavy (non-hydrogen) atoms. The van der Waals surface area contributed by atoms with Gasteiger partial charge in [0.25, 0.3) is 0 Å². The number of esters is 2. The minimum absolute atomic E-state index is 0.241. The Hall–Kier alpha value is -2.82. The second kappa shape index (κ2) is 10.4. The van der Waals surface area contributed by atoms with Crippen molar-refractivity contribution in [3.05, 3.63) is 54.1 Å². The van der Waals surface area contributed by atoms with E-state index in [1.807, 2.05) is 48.5 Å². The smallest absolute Gasteiger partial charge is 0.320 e. The van der Waals surface area contributed by atoms with Crippen LogP contribution in [0.25, 0.3) is 11.1 Å². The Morgan fingerprint density at radius 3 is 1.74 bits per heavy atom. The highest BCUT2D eigenvalue weighted by Crippen LogP contribution is 2.23. The lowest BCUT2D eigenvalue weighted by Gasteiger charge is -2.14. The minimum Gasteiger partial charge on any atom is -0.497 e. The molecule has 0 saturated heterocycles. The summed E-state index contributed by atoms with van der Waals surface area (Å²) in [4.78, 5) is 24.1. The Morgan fingerprint density at radius 1 is 0.815 bits per heavy atom. The molecule has 144 valence electrons. The first-order valence-corrected chi connectivity index (χ1v) is 9.15. The first-order chi connectivity index (χ1) is 13.1. The van der Waals surface area contributed by atoms with Gasteiger partial charge in [0, 0.05) is 0 Å². The predicted octanol–water partition coefficient (Wildman–Crippen LogP) is 4.04. The van der Waals surface area contributed by atoms with Crippen LogP contribution in [-0.2, 0) is 25.5 Å². The highest BCUT2D eigenvalue weighted by Gasteiger charge is 2.29. The zero-order chi connectivity index (χ0) is 19.6. The Labute approximate surface area is 160 Å². The molecule has 0 spiro atoms. The first-order valence-electron chi connectivity index (χ1n) is 9.15. The lowest BCUT2D eigenvalue weighted by atomic mass is 9.97. The van der Waals surface area contributed by atoms with Crippen LogP contribution in [0.4, 0.5) is 0 Å². The molecule has 0 fully saturated rings. The normalized spacial score (nSPS) is 10.5. The molecule has 0 aromatic heterocycles. The summed E-state index contributed by atoms with van der Waals surface area (Å²) in [6.07, 6.45) is 0.949. The molecule has 0 amide bonds. The minimum atomic E-state index is -0.883. The summed E-state index contributed by atoms with van der Waals surface area (Å²) >= 11 is 0. The van der Waals surface area contributed by atoms with E-state index in [0.29, 0.717) is 12.8 Å². The van der Waals surface area contributed by atoms with E-state index in [0.717, 1.165) is 22.4 Å². The summed E-state index contributed by atoms with van der Waals surface area (Å²) in [7, 11) is 1.64. The lowest BCUT2D eigenvalue weighted by molar-refractivity contribution is -0.161. The number of hydrogen-bond donors (Lipinski definition) is 0. The van der Waals surface area contributed by atoms with Crippen molar-refractivity contribution in [2.75, 3.05) is 20.3 Å². The third-order valence-electron chi connectivity index (χ3n) is 4.24. The zero-order valence-corrected chi connectivity index (χ0v) is 16.1. The maximum absolute atomic E-state index is 12.0. The van der Waals surface area contributed by atoms with Crippen molar-refractivity contribution >= 4 is 11.9 Å². The van der Waals surface area contributed by atoms with Gasteiger partial charge in [-0.05, 0) is 55.5 Å². The molecular formula is C22H26O5. The number of aryl methyl sites for hydroxylation is 1. The number of carbonyl (C=O) groups excluding carboxylic acids is 2. The van der Waals surface area contributed by atoms with Gasteiger partial charge in [0.2, 0.25) is 0 Å². The first kappa shape index (κ1) is 20.5. The molecule has 0 radical (unpaired) electrons. The number of rotatable bonds is 9. The third kappa shape index (κ3) is 5.84. The van der Waals surface area contributed by atoms with Crippen molar-refractivity contribution in [3.8, 4) is 16.9 Å². The van der Waals surface area contributed by atoms with Gasteiger partial charge < -0.3 is 14.2 Å². The number of hydrogen-bond acceptors (Lipinski definition) is 5. The summed E-state index contributed by atoms with van der Waals surface area (Å²) in [5, 5.41) is 0. The van der Waals surface area contributed by atoms with Crippen molar-refractivity contribution in [3.63, 3.8) is 0 Å². The quantitative estimate of drug-likeness (QED) is 0.492. The molecule has 0 atom stereocenters. The van der Waals surface area contributed by atoms with Crippen molar-refractivity contribution in [2.24, 2.45) is 5.92 Å². The van der Waals surface area contributed by atoms with Gasteiger partial charge in [0.1, 0.15) is 5.75 Å². The average molecular weight is 370 g/mol. The maximum Gasteiger partial charge on any atom is 0.320 e. The molecule has 0 aliphatic heterocycles. The van der Waals surface area contributed by atoms with Gasteiger partial charge >= 0.3 is 11.9 Å². The van der Waals surface area contributed by atoms with Gasteiger partial charge in [-0.3, -0.25) is 9.59 Å². The second-order valence-corrected chi connectivity index (χ2v) is 6.02. The average Bonchev–Trinajstić information content (AvgIpc) is 2.69. The molecule has 0 saturated carbocycles. The standard InChI is InChI=1S/C22H26O5/c1-4-26-21(23)20(22(24)27-5-2)15-8-16-6-9-17(10-7-16)18-11-13-19(25-3)14-12-18/h6-7,9-14,20H,4-5,8,15H2,1-3H3. The predicted molar refractivity (Wildman–Crippen MR) is 104 cm³/mol. The van der Waals surface area contributed by atoms with Crippen LogP contribution in [0.1, 0.15) is 25.8 Å². The Kier molecular flexibility index (Phi) is 7.86. The molecule has 0 heterocycles. The summed E-state index contributed by atoms with van der Waals surface area (Å²) in [5.41, 5.74) is 3.23. The molecule has 5 heteroatoms. The van der Waals surface area contributed by atoms with Crippen LogP contribution < -0.4 is 4.74 Å². The Balaban J connectivity index is 2.02. The summed E-state index contributed by atoms with van der Waals surface area (Å²) < 4.78 is 15.2.